The van der Waals surface area contributed by atoms with Crippen LogP contribution in [0, 0.1) is 13.8 Å². The van der Waals surface area contributed by atoms with Crippen LogP contribution in [-0.4, -0.2) is 43.2 Å². The molecule has 10 heteroatoms. The second-order valence-corrected chi connectivity index (χ2v) is 8.62. The lowest BCUT2D eigenvalue weighted by Crippen LogP contribution is -2.35. The molecule has 5 rings (SSSR count). The molecule has 0 fully saturated rings. The number of amides is 2. The number of carbonyl (C=O) groups is 2. The number of benzene rings is 1. The van der Waals surface area contributed by atoms with Crippen LogP contribution in [0.5, 0.6) is 0 Å². The lowest BCUT2D eigenvalue weighted by molar-refractivity contribution is 0.0735. The maximum atomic E-state index is 13.2. The predicted octanol–water partition coefficient (Wildman–Crippen LogP) is 3.38. The van der Waals surface area contributed by atoms with Crippen LogP contribution in [-0.2, 0) is 13.0 Å². The monoisotopic (exact) mass is 448 g/mol. The van der Waals surface area contributed by atoms with Crippen molar-refractivity contribution in [2.45, 2.75) is 26.8 Å². The van der Waals surface area contributed by atoms with E-state index in [1.54, 1.807) is 28.8 Å². The maximum absolute atomic E-state index is 13.2. The van der Waals surface area contributed by atoms with Crippen LogP contribution in [0.1, 0.15) is 42.9 Å². The van der Waals surface area contributed by atoms with Crippen LogP contribution in [0.25, 0.3) is 5.69 Å². The van der Waals surface area contributed by atoms with Gasteiger partial charge in [0.1, 0.15) is 5.76 Å². The third-order valence-corrected chi connectivity index (χ3v) is 6.34. The molecule has 0 atom stereocenters. The fraction of sp³-hybridized carbons (Fsp3) is 0.227. The Bertz CT molecular complexity index is 1310. The van der Waals surface area contributed by atoms with Crippen molar-refractivity contribution in [2.24, 2.45) is 0 Å². The Morgan fingerprint density at radius 1 is 1.19 bits per heavy atom. The van der Waals surface area contributed by atoms with E-state index in [1.807, 2.05) is 37.3 Å². The highest BCUT2D eigenvalue weighted by Gasteiger charge is 2.27. The quantitative estimate of drug-likeness (QED) is 0.513. The molecule has 1 aliphatic heterocycles. The summed E-state index contributed by atoms with van der Waals surface area (Å²) in [7, 11) is 0. The zero-order valence-corrected chi connectivity index (χ0v) is 18.3. The fourth-order valence-corrected chi connectivity index (χ4v) is 4.70. The van der Waals surface area contributed by atoms with Gasteiger partial charge in [0.25, 0.3) is 11.8 Å². The molecule has 0 saturated heterocycles. The van der Waals surface area contributed by atoms with Crippen molar-refractivity contribution >= 4 is 28.3 Å². The SMILES string of the molecule is Cc1cc(C(=O)Nc2nc3c(s2)CN(C(=O)c2cnn(-c4ccccc4)c2C)CC3)no1. The largest absolute Gasteiger partial charge is 0.361 e. The average molecular weight is 449 g/mol. The summed E-state index contributed by atoms with van der Waals surface area (Å²) in [6.45, 7) is 4.62. The third-order valence-electron chi connectivity index (χ3n) is 5.34. The number of anilines is 1. The number of hydrogen-bond donors (Lipinski definition) is 1. The van der Waals surface area contributed by atoms with Gasteiger partial charge in [-0.25, -0.2) is 9.67 Å². The second-order valence-electron chi connectivity index (χ2n) is 7.53. The number of thiazole rings is 1. The molecule has 0 saturated carbocycles. The zero-order chi connectivity index (χ0) is 22.2. The van der Waals surface area contributed by atoms with Gasteiger partial charge in [0.15, 0.2) is 10.8 Å². The summed E-state index contributed by atoms with van der Waals surface area (Å²) in [5.74, 6) is 0.130. The average Bonchev–Trinajstić information content (AvgIpc) is 3.51. The molecule has 0 spiro atoms. The third kappa shape index (κ3) is 3.69. The molecule has 2 amide bonds. The van der Waals surface area contributed by atoms with Gasteiger partial charge >= 0.3 is 0 Å². The van der Waals surface area contributed by atoms with E-state index in [9.17, 15) is 9.59 Å². The summed E-state index contributed by atoms with van der Waals surface area (Å²) in [4.78, 5) is 32.8. The molecule has 1 N–H and O–H groups in total. The van der Waals surface area contributed by atoms with Gasteiger partial charge in [-0.15, -0.1) is 0 Å². The Kier molecular flexibility index (Phi) is 5.06. The van der Waals surface area contributed by atoms with Crippen molar-refractivity contribution in [2.75, 3.05) is 11.9 Å². The van der Waals surface area contributed by atoms with Crippen molar-refractivity contribution < 1.29 is 14.1 Å². The van der Waals surface area contributed by atoms with Gasteiger partial charge in [0, 0.05) is 23.9 Å². The Balaban J connectivity index is 1.31. The normalized spacial score (nSPS) is 13.1. The minimum atomic E-state index is -0.371. The van der Waals surface area contributed by atoms with Crippen LogP contribution in [0.4, 0.5) is 5.13 Å². The van der Waals surface area contributed by atoms with Crippen LogP contribution < -0.4 is 5.32 Å². The van der Waals surface area contributed by atoms with Crippen LogP contribution in [0.2, 0.25) is 0 Å². The number of hydrogen-bond acceptors (Lipinski definition) is 7. The number of para-hydroxylation sites is 1. The van der Waals surface area contributed by atoms with Gasteiger partial charge in [-0.1, -0.05) is 34.7 Å². The molecule has 1 aliphatic rings. The van der Waals surface area contributed by atoms with Gasteiger partial charge in [-0.2, -0.15) is 5.10 Å². The molecule has 0 unspecified atom stereocenters. The van der Waals surface area contributed by atoms with Crippen molar-refractivity contribution in [3.05, 3.63) is 75.9 Å². The number of nitrogens with zero attached hydrogens (tertiary/aromatic N) is 5. The number of rotatable bonds is 4. The van der Waals surface area contributed by atoms with Crippen molar-refractivity contribution in [1.82, 2.24) is 24.8 Å². The Morgan fingerprint density at radius 3 is 2.75 bits per heavy atom. The van der Waals surface area contributed by atoms with Gasteiger partial charge in [-0.3, -0.25) is 14.9 Å². The highest BCUT2D eigenvalue weighted by molar-refractivity contribution is 7.15. The van der Waals surface area contributed by atoms with E-state index in [1.165, 1.54) is 11.3 Å². The van der Waals surface area contributed by atoms with Crippen LogP contribution in [0.3, 0.4) is 0 Å². The summed E-state index contributed by atoms with van der Waals surface area (Å²) in [6.07, 6.45) is 2.25. The van der Waals surface area contributed by atoms with E-state index in [0.717, 1.165) is 22.0 Å². The molecular weight excluding hydrogens is 428 g/mol. The molecule has 32 heavy (non-hydrogen) atoms. The van der Waals surface area contributed by atoms with E-state index >= 15 is 0 Å². The van der Waals surface area contributed by atoms with E-state index < -0.39 is 0 Å². The van der Waals surface area contributed by atoms with Crippen LogP contribution in [0.15, 0.2) is 47.1 Å². The van der Waals surface area contributed by atoms with Gasteiger partial charge < -0.3 is 9.42 Å². The molecule has 1 aromatic carbocycles. The van der Waals surface area contributed by atoms with E-state index in [2.05, 4.69) is 20.6 Å². The Labute approximate surface area is 187 Å². The fourth-order valence-electron chi connectivity index (χ4n) is 3.68. The minimum Gasteiger partial charge on any atom is -0.361 e. The van der Waals surface area contributed by atoms with E-state index in [4.69, 9.17) is 4.52 Å². The van der Waals surface area contributed by atoms with Gasteiger partial charge in [0.05, 0.1) is 35.4 Å². The first kappa shape index (κ1) is 20.1. The summed E-state index contributed by atoms with van der Waals surface area (Å²) in [5, 5.41) is 11.4. The van der Waals surface area contributed by atoms with E-state index in [-0.39, 0.29) is 17.5 Å². The first-order valence-corrected chi connectivity index (χ1v) is 10.9. The molecule has 4 heterocycles. The summed E-state index contributed by atoms with van der Waals surface area (Å²) >= 11 is 1.37. The van der Waals surface area contributed by atoms with Crippen molar-refractivity contribution in [3.63, 3.8) is 0 Å². The number of aromatic nitrogens is 4. The number of carbonyl (C=O) groups excluding carboxylic acids is 2. The lowest BCUT2D eigenvalue weighted by Gasteiger charge is -2.26. The molecule has 9 nitrogen and oxygen atoms in total. The van der Waals surface area contributed by atoms with Gasteiger partial charge in [0.2, 0.25) is 0 Å². The number of nitrogens with one attached hydrogen (secondary N) is 1. The zero-order valence-electron chi connectivity index (χ0n) is 17.5. The first-order chi connectivity index (χ1) is 15.5. The number of aryl methyl sites for hydroxylation is 1. The predicted molar refractivity (Wildman–Crippen MR) is 118 cm³/mol. The minimum absolute atomic E-state index is 0.0626. The highest BCUT2D eigenvalue weighted by Crippen LogP contribution is 2.30. The summed E-state index contributed by atoms with van der Waals surface area (Å²) in [5.41, 5.74) is 3.40. The Hall–Kier alpha value is -3.79. The molecule has 0 aliphatic carbocycles. The maximum Gasteiger partial charge on any atom is 0.279 e. The van der Waals surface area contributed by atoms with Crippen LogP contribution >= 0.6 is 11.3 Å². The number of fused-ring (bicyclic) bond motifs is 1. The second kappa shape index (κ2) is 8.04. The first-order valence-electron chi connectivity index (χ1n) is 10.1. The summed E-state index contributed by atoms with van der Waals surface area (Å²) < 4.78 is 6.72. The molecule has 0 bridgehead atoms. The molecule has 4 aromatic rings. The van der Waals surface area contributed by atoms with Crippen molar-refractivity contribution in [3.8, 4) is 5.69 Å². The van der Waals surface area contributed by atoms with Gasteiger partial charge in [-0.05, 0) is 26.0 Å². The molecule has 0 radical (unpaired) electrons. The highest BCUT2D eigenvalue weighted by atomic mass is 32.1. The standard InChI is InChI=1S/C22H20N6O3S/c1-13-10-18(26-31-13)20(29)25-22-24-17-8-9-27(12-19(17)32-22)21(30)16-11-23-28(14(16)2)15-6-4-3-5-7-15/h3-7,10-11H,8-9,12H2,1-2H3,(H,24,25,29). The molecular formula is C22H20N6O3S. The molecule has 162 valence electrons. The van der Waals surface area contributed by atoms with Crippen molar-refractivity contribution in [1.29, 1.82) is 0 Å². The topological polar surface area (TPSA) is 106 Å². The lowest BCUT2D eigenvalue weighted by atomic mass is 10.1. The Morgan fingerprint density at radius 2 is 2.00 bits per heavy atom. The summed E-state index contributed by atoms with van der Waals surface area (Å²) in [6, 6.07) is 11.3. The molecule has 3 aromatic heterocycles. The van der Waals surface area contributed by atoms with E-state index in [0.29, 0.717) is 36.0 Å². The smallest absolute Gasteiger partial charge is 0.279 e.